The number of thioether (sulfide) groups is 1. The Hall–Kier alpha value is -2.91. The molecule has 0 N–H and O–H groups in total. The van der Waals surface area contributed by atoms with Crippen LogP contribution in [-0.4, -0.2) is 37.6 Å². The molecule has 0 saturated carbocycles. The van der Waals surface area contributed by atoms with Gasteiger partial charge in [0.2, 0.25) is 0 Å². The molecule has 0 spiro atoms. The molecule has 2 aliphatic rings. The van der Waals surface area contributed by atoms with Crippen LogP contribution in [0.2, 0.25) is 0 Å². The molecule has 0 radical (unpaired) electrons. The fraction of sp³-hybridized carbons (Fsp3) is 0.360. The van der Waals surface area contributed by atoms with E-state index in [-0.39, 0.29) is 18.0 Å². The summed E-state index contributed by atoms with van der Waals surface area (Å²) in [5.74, 6) is 2.03. The SMILES string of the molecule is Cc1cccn2c(=O)c(C=C3SC(=S)N(Cc4ccco4)C3=O)c(N3CC(C)CC(C)C3)nc12. The molecule has 2 fully saturated rings. The summed E-state index contributed by atoms with van der Waals surface area (Å²) in [6.07, 6.45) is 6.11. The lowest BCUT2D eigenvalue weighted by molar-refractivity contribution is -0.122. The van der Waals surface area contributed by atoms with Gasteiger partial charge in [-0.2, -0.15) is 0 Å². The molecule has 34 heavy (non-hydrogen) atoms. The minimum absolute atomic E-state index is 0.189. The van der Waals surface area contributed by atoms with Crippen molar-refractivity contribution in [2.75, 3.05) is 18.0 Å². The molecule has 2 aliphatic heterocycles. The normalized spacial score (nSPS) is 22.4. The zero-order valence-electron chi connectivity index (χ0n) is 19.4. The van der Waals surface area contributed by atoms with Crippen LogP contribution >= 0.6 is 24.0 Å². The second-order valence-corrected chi connectivity index (χ2v) is 10.9. The van der Waals surface area contributed by atoms with Gasteiger partial charge in [0, 0.05) is 19.3 Å². The van der Waals surface area contributed by atoms with Crippen LogP contribution in [0.3, 0.4) is 0 Å². The van der Waals surface area contributed by atoms with Crippen molar-refractivity contribution in [1.82, 2.24) is 14.3 Å². The van der Waals surface area contributed by atoms with E-state index in [0.29, 0.717) is 43.9 Å². The minimum atomic E-state index is -0.230. The van der Waals surface area contributed by atoms with E-state index in [9.17, 15) is 9.59 Å². The van der Waals surface area contributed by atoms with Gasteiger partial charge in [-0.05, 0) is 55.0 Å². The van der Waals surface area contributed by atoms with Crippen LogP contribution in [0, 0.1) is 18.8 Å². The molecular weight excluding hydrogens is 468 g/mol. The number of carbonyl (C=O) groups is 1. The molecule has 0 aromatic carbocycles. The molecule has 3 aromatic heterocycles. The van der Waals surface area contributed by atoms with Crippen molar-refractivity contribution >= 4 is 51.7 Å². The molecule has 0 bridgehead atoms. The molecule has 5 rings (SSSR count). The van der Waals surface area contributed by atoms with E-state index in [1.54, 1.807) is 35.1 Å². The minimum Gasteiger partial charge on any atom is -0.467 e. The smallest absolute Gasteiger partial charge is 0.267 e. The fourth-order valence-electron chi connectivity index (χ4n) is 4.83. The molecule has 2 saturated heterocycles. The standard InChI is InChI=1S/C25H26N4O3S2/c1-15-10-16(2)13-27(12-15)22-19(23(30)28-8-4-6-17(3)21(28)26-22)11-20-24(31)29(25(33)34-20)14-18-7-5-9-32-18/h4-9,11,15-16H,10,12-14H2,1-3H3. The zero-order chi connectivity index (χ0) is 24.0. The topological polar surface area (TPSA) is 71.1 Å². The third kappa shape index (κ3) is 4.18. The lowest BCUT2D eigenvalue weighted by atomic mass is 9.91. The van der Waals surface area contributed by atoms with E-state index < -0.39 is 0 Å². The van der Waals surface area contributed by atoms with Gasteiger partial charge in [0.05, 0.1) is 23.3 Å². The number of anilines is 1. The second kappa shape index (κ2) is 9.03. The number of amides is 1. The summed E-state index contributed by atoms with van der Waals surface area (Å²) in [4.78, 5) is 36.0. The average Bonchev–Trinajstić information content (AvgIpc) is 3.39. The van der Waals surface area contributed by atoms with E-state index in [1.165, 1.54) is 16.7 Å². The Kier molecular flexibility index (Phi) is 6.07. The third-order valence-electron chi connectivity index (χ3n) is 6.28. The molecule has 9 heteroatoms. The zero-order valence-corrected chi connectivity index (χ0v) is 21.0. The molecule has 2 atom stereocenters. The molecule has 5 heterocycles. The summed E-state index contributed by atoms with van der Waals surface area (Å²) < 4.78 is 7.39. The number of carbonyl (C=O) groups excluding carboxylic acids is 1. The highest BCUT2D eigenvalue weighted by atomic mass is 32.2. The van der Waals surface area contributed by atoms with E-state index in [4.69, 9.17) is 21.6 Å². The first kappa shape index (κ1) is 22.9. The van der Waals surface area contributed by atoms with Gasteiger partial charge in [-0.1, -0.05) is 43.9 Å². The van der Waals surface area contributed by atoms with E-state index in [1.807, 2.05) is 19.1 Å². The summed E-state index contributed by atoms with van der Waals surface area (Å²) >= 11 is 6.68. The van der Waals surface area contributed by atoms with E-state index in [2.05, 4.69) is 18.7 Å². The Bertz CT molecular complexity index is 1350. The molecule has 3 aromatic rings. The van der Waals surface area contributed by atoms with Gasteiger partial charge in [0.25, 0.3) is 11.5 Å². The molecule has 7 nitrogen and oxygen atoms in total. The largest absolute Gasteiger partial charge is 0.467 e. The van der Waals surface area contributed by atoms with Crippen LogP contribution < -0.4 is 10.5 Å². The summed E-state index contributed by atoms with van der Waals surface area (Å²) in [7, 11) is 0. The first-order chi connectivity index (χ1) is 16.3. The molecular formula is C25H26N4O3S2. The number of rotatable bonds is 4. The maximum Gasteiger partial charge on any atom is 0.267 e. The molecule has 2 unspecified atom stereocenters. The molecule has 1 amide bonds. The second-order valence-electron chi connectivity index (χ2n) is 9.24. The van der Waals surface area contributed by atoms with Gasteiger partial charge >= 0.3 is 0 Å². The van der Waals surface area contributed by atoms with Crippen molar-refractivity contribution in [2.45, 2.75) is 33.7 Å². The lowest BCUT2D eigenvalue weighted by Gasteiger charge is -2.36. The number of furan rings is 1. The van der Waals surface area contributed by atoms with Gasteiger partial charge < -0.3 is 9.32 Å². The summed E-state index contributed by atoms with van der Waals surface area (Å²) in [5, 5.41) is 0. The van der Waals surface area contributed by atoms with Crippen LogP contribution in [0.4, 0.5) is 5.82 Å². The van der Waals surface area contributed by atoms with Gasteiger partial charge in [-0.15, -0.1) is 0 Å². The fourth-order valence-corrected chi connectivity index (χ4v) is 6.07. The molecule has 0 aliphatic carbocycles. The highest BCUT2D eigenvalue weighted by Crippen LogP contribution is 2.35. The maximum atomic E-state index is 13.7. The van der Waals surface area contributed by atoms with Crippen molar-refractivity contribution in [1.29, 1.82) is 0 Å². The number of aromatic nitrogens is 2. The number of aryl methyl sites for hydroxylation is 1. The van der Waals surface area contributed by atoms with Gasteiger partial charge in [-0.25, -0.2) is 4.98 Å². The first-order valence-electron chi connectivity index (χ1n) is 11.4. The Morgan fingerprint density at radius 3 is 2.68 bits per heavy atom. The number of fused-ring (bicyclic) bond motifs is 1. The monoisotopic (exact) mass is 494 g/mol. The molecule has 176 valence electrons. The van der Waals surface area contributed by atoms with Crippen molar-refractivity contribution < 1.29 is 9.21 Å². The van der Waals surface area contributed by atoms with Crippen LogP contribution in [-0.2, 0) is 11.3 Å². The first-order valence-corrected chi connectivity index (χ1v) is 12.6. The van der Waals surface area contributed by atoms with Gasteiger partial charge in [0.1, 0.15) is 21.5 Å². The summed E-state index contributed by atoms with van der Waals surface area (Å²) in [6, 6.07) is 7.37. The Morgan fingerprint density at radius 2 is 1.97 bits per heavy atom. The predicted octanol–water partition coefficient (Wildman–Crippen LogP) is 4.48. The number of thiocarbonyl (C=S) groups is 1. The van der Waals surface area contributed by atoms with Gasteiger partial charge in [0.15, 0.2) is 0 Å². The van der Waals surface area contributed by atoms with Crippen molar-refractivity contribution in [2.24, 2.45) is 11.8 Å². The number of piperidine rings is 1. The van der Waals surface area contributed by atoms with E-state index >= 15 is 0 Å². The number of pyridine rings is 1. The quantitative estimate of drug-likeness (QED) is 0.391. The Balaban J connectivity index is 1.61. The highest BCUT2D eigenvalue weighted by Gasteiger charge is 2.34. The number of hydrogen-bond donors (Lipinski definition) is 0. The van der Waals surface area contributed by atoms with E-state index in [0.717, 1.165) is 25.1 Å². The van der Waals surface area contributed by atoms with Crippen LogP contribution in [0.15, 0.2) is 50.8 Å². The Labute approximate surface area is 207 Å². The predicted molar refractivity (Wildman–Crippen MR) is 139 cm³/mol. The van der Waals surface area contributed by atoms with Crippen molar-refractivity contribution in [3.05, 3.63) is 68.9 Å². The van der Waals surface area contributed by atoms with Crippen molar-refractivity contribution in [3.8, 4) is 0 Å². The number of hydrogen-bond acceptors (Lipinski definition) is 7. The van der Waals surface area contributed by atoms with Crippen LogP contribution in [0.25, 0.3) is 11.7 Å². The lowest BCUT2D eigenvalue weighted by Crippen LogP contribution is -2.40. The summed E-state index contributed by atoms with van der Waals surface area (Å²) in [6.45, 7) is 8.30. The average molecular weight is 495 g/mol. The van der Waals surface area contributed by atoms with Crippen LogP contribution in [0.1, 0.15) is 37.2 Å². The summed E-state index contributed by atoms with van der Waals surface area (Å²) in [5.41, 5.74) is 1.79. The van der Waals surface area contributed by atoms with Crippen molar-refractivity contribution in [3.63, 3.8) is 0 Å². The number of nitrogens with zero attached hydrogens (tertiary/aromatic N) is 4. The Morgan fingerprint density at radius 1 is 1.21 bits per heavy atom. The van der Waals surface area contributed by atoms with Crippen LogP contribution in [0.5, 0.6) is 0 Å². The third-order valence-corrected chi connectivity index (χ3v) is 7.65. The maximum absolute atomic E-state index is 13.7. The van der Waals surface area contributed by atoms with Gasteiger partial charge in [-0.3, -0.25) is 18.9 Å². The highest BCUT2D eigenvalue weighted by molar-refractivity contribution is 8.26.